The number of primary amides is 1. The summed E-state index contributed by atoms with van der Waals surface area (Å²) in [6.45, 7) is 7.14. The first-order valence-electron chi connectivity index (χ1n) is 7.61. The highest BCUT2D eigenvalue weighted by Crippen LogP contribution is 2.65. The molecule has 1 aromatic carbocycles. The van der Waals surface area contributed by atoms with Crippen molar-refractivity contribution in [2.45, 2.75) is 46.1 Å². The van der Waals surface area contributed by atoms with Gasteiger partial charge in [-0.25, -0.2) is 0 Å². The number of amides is 1. The summed E-state index contributed by atoms with van der Waals surface area (Å²) in [6, 6.07) is 5.58. The second-order valence-electron chi connectivity index (χ2n) is 7.37. The fourth-order valence-corrected chi connectivity index (χ4v) is 4.57. The number of benzene rings is 1. The maximum Gasteiger partial charge on any atom is 0.248 e. The van der Waals surface area contributed by atoms with Crippen molar-refractivity contribution in [1.82, 2.24) is 0 Å². The first kappa shape index (κ1) is 14.7. The van der Waals surface area contributed by atoms with Crippen molar-refractivity contribution < 1.29 is 4.79 Å². The fraction of sp³-hybridized carbons (Fsp3) is 0.588. The van der Waals surface area contributed by atoms with Crippen molar-refractivity contribution in [3.8, 4) is 0 Å². The van der Waals surface area contributed by atoms with Gasteiger partial charge < -0.3 is 11.1 Å². The van der Waals surface area contributed by atoms with Crippen LogP contribution in [0.4, 0.5) is 5.69 Å². The van der Waals surface area contributed by atoms with Crippen LogP contribution in [0.25, 0.3) is 0 Å². The number of fused-ring (bicyclic) bond motifs is 2. The second-order valence-corrected chi connectivity index (χ2v) is 7.77. The van der Waals surface area contributed by atoms with Crippen molar-refractivity contribution in [3.63, 3.8) is 0 Å². The molecule has 2 bridgehead atoms. The van der Waals surface area contributed by atoms with Crippen molar-refractivity contribution >= 4 is 23.2 Å². The number of carbonyl (C=O) groups is 1. The van der Waals surface area contributed by atoms with Crippen LogP contribution >= 0.6 is 11.6 Å². The third kappa shape index (κ3) is 2.05. The lowest BCUT2D eigenvalue weighted by atomic mass is 9.69. The Labute approximate surface area is 131 Å². The Balaban J connectivity index is 1.89. The normalized spacial score (nSPS) is 33.1. The molecule has 3 N–H and O–H groups in total. The molecule has 3 nitrogen and oxygen atoms in total. The molecule has 2 saturated carbocycles. The van der Waals surface area contributed by atoms with E-state index in [-0.39, 0.29) is 5.41 Å². The van der Waals surface area contributed by atoms with E-state index < -0.39 is 5.91 Å². The molecule has 0 spiro atoms. The van der Waals surface area contributed by atoms with Gasteiger partial charge in [0.1, 0.15) is 0 Å². The van der Waals surface area contributed by atoms with Gasteiger partial charge in [-0.1, -0.05) is 32.4 Å². The summed E-state index contributed by atoms with van der Waals surface area (Å²) in [5.41, 5.74) is 7.29. The van der Waals surface area contributed by atoms with Crippen LogP contribution in [-0.2, 0) is 0 Å². The van der Waals surface area contributed by atoms with E-state index >= 15 is 0 Å². The standard InChI is InChI=1S/C17H23ClN2O/c1-16(2)11-6-7-17(16,3)14(9-11)20-13-8-10(15(19)21)4-5-12(13)18/h4-5,8,11,14,20H,6-7,9H2,1-3H3,(H2,19,21). The van der Waals surface area contributed by atoms with Crippen LogP contribution in [0, 0.1) is 16.7 Å². The van der Waals surface area contributed by atoms with Crippen molar-refractivity contribution in [2.75, 3.05) is 5.32 Å². The van der Waals surface area contributed by atoms with E-state index in [9.17, 15) is 4.79 Å². The second kappa shape index (κ2) is 4.64. The molecular formula is C17H23ClN2O. The third-order valence-corrected chi connectivity index (χ3v) is 6.70. The first-order chi connectivity index (χ1) is 9.75. The zero-order valence-corrected chi connectivity index (χ0v) is 13.6. The Morgan fingerprint density at radius 2 is 2.10 bits per heavy atom. The molecular weight excluding hydrogens is 284 g/mol. The average Bonchev–Trinajstić information content (AvgIpc) is 2.74. The Kier molecular flexibility index (Phi) is 3.25. The minimum Gasteiger partial charge on any atom is -0.381 e. The molecule has 4 heteroatoms. The Hall–Kier alpha value is -1.22. The Bertz CT molecular complexity index is 598. The van der Waals surface area contributed by atoms with Crippen LogP contribution in [0.1, 0.15) is 50.4 Å². The molecule has 3 unspecified atom stereocenters. The minimum absolute atomic E-state index is 0.268. The number of halogens is 1. The van der Waals surface area contributed by atoms with E-state index in [4.69, 9.17) is 17.3 Å². The summed E-state index contributed by atoms with van der Waals surface area (Å²) in [7, 11) is 0. The molecule has 2 aliphatic rings. The lowest BCUT2D eigenvalue weighted by molar-refractivity contribution is 0.100. The molecule has 114 valence electrons. The van der Waals surface area contributed by atoms with Gasteiger partial charge in [0, 0.05) is 11.6 Å². The number of hydrogen-bond donors (Lipinski definition) is 2. The molecule has 3 atom stereocenters. The molecule has 2 fully saturated rings. The van der Waals surface area contributed by atoms with E-state index in [2.05, 4.69) is 26.1 Å². The predicted molar refractivity (Wildman–Crippen MR) is 86.6 cm³/mol. The molecule has 21 heavy (non-hydrogen) atoms. The van der Waals surface area contributed by atoms with Gasteiger partial charge in [0.25, 0.3) is 0 Å². The van der Waals surface area contributed by atoms with Crippen LogP contribution < -0.4 is 11.1 Å². The van der Waals surface area contributed by atoms with Crippen molar-refractivity contribution in [3.05, 3.63) is 28.8 Å². The molecule has 1 amide bonds. The Morgan fingerprint density at radius 3 is 2.62 bits per heavy atom. The molecule has 0 heterocycles. The largest absolute Gasteiger partial charge is 0.381 e. The van der Waals surface area contributed by atoms with Gasteiger partial charge in [-0.05, 0) is 54.2 Å². The van der Waals surface area contributed by atoms with Gasteiger partial charge in [-0.15, -0.1) is 0 Å². The Morgan fingerprint density at radius 1 is 1.38 bits per heavy atom. The summed E-state index contributed by atoms with van der Waals surface area (Å²) in [5, 5.41) is 4.24. The highest BCUT2D eigenvalue weighted by atomic mass is 35.5. The molecule has 0 aromatic heterocycles. The topological polar surface area (TPSA) is 55.1 Å². The van der Waals surface area contributed by atoms with Gasteiger partial charge in [0.2, 0.25) is 5.91 Å². The predicted octanol–water partition coefficient (Wildman–Crippen LogP) is 4.07. The number of anilines is 1. The van der Waals surface area contributed by atoms with Crippen LogP contribution in [0.2, 0.25) is 5.02 Å². The van der Waals surface area contributed by atoms with Gasteiger partial charge in [0.15, 0.2) is 0 Å². The molecule has 2 aliphatic carbocycles. The molecule has 0 aliphatic heterocycles. The molecule has 3 rings (SSSR count). The number of carbonyl (C=O) groups excluding carboxylic acids is 1. The van der Waals surface area contributed by atoms with Crippen LogP contribution in [-0.4, -0.2) is 11.9 Å². The molecule has 0 radical (unpaired) electrons. The van der Waals surface area contributed by atoms with Crippen LogP contribution in [0.15, 0.2) is 18.2 Å². The van der Waals surface area contributed by atoms with Gasteiger partial charge in [0.05, 0.1) is 10.7 Å². The van der Waals surface area contributed by atoms with Crippen LogP contribution in [0.5, 0.6) is 0 Å². The quantitative estimate of drug-likeness (QED) is 0.884. The first-order valence-corrected chi connectivity index (χ1v) is 7.99. The maximum absolute atomic E-state index is 11.3. The van der Waals surface area contributed by atoms with Crippen molar-refractivity contribution in [2.24, 2.45) is 22.5 Å². The average molecular weight is 307 g/mol. The van der Waals surface area contributed by atoms with E-state index in [0.29, 0.717) is 22.0 Å². The minimum atomic E-state index is -0.422. The van der Waals surface area contributed by atoms with E-state index in [0.717, 1.165) is 11.6 Å². The van der Waals surface area contributed by atoms with E-state index in [1.165, 1.54) is 19.3 Å². The summed E-state index contributed by atoms with van der Waals surface area (Å²) in [5.74, 6) is 0.340. The van der Waals surface area contributed by atoms with Crippen molar-refractivity contribution in [1.29, 1.82) is 0 Å². The lowest BCUT2D eigenvalue weighted by Crippen LogP contribution is -2.40. The van der Waals surface area contributed by atoms with E-state index in [1.807, 2.05) is 0 Å². The zero-order valence-electron chi connectivity index (χ0n) is 12.9. The highest BCUT2D eigenvalue weighted by Gasteiger charge is 2.61. The zero-order chi connectivity index (χ0) is 15.4. The summed E-state index contributed by atoms with van der Waals surface area (Å²) in [6.07, 6.45) is 3.73. The number of rotatable bonds is 3. The number of nitrogens with one attached hydrogen (secondary N) is 1. The SMILES string of the molecule is CC1(C)C2CCC1(C)C(Nc1cc(C(N)=O)ccc1Cl)C2. The third-order valence-electron chi connectivity index (χ3n) is 6.37. The molecule has 1 aromatic rings. The highest BCUT2D eigenvalue weighted by molar-refractivity contribution is 6.33. The summed E-state index contributed by atoms with van der Waals surface area (Å²) >= 11 is 6.28. The maximum atomic E-state index is 11.3. The van der Waals surface area contributed by atoms with E-state index in [1.54, 1.807) is 18.2 Å². The fourth-order valence-electron chi connectivity index (χ4n) is 4.40. The summed E-state index contributed by atoms with van der Waals surface area (Å²) < 4.78 is 0. The smallest absolute Gasteiger partial charge is 0.248 e. The summed E-state index contributed by atoms with van der Waals surface area (Å²) in [4.78, 5) is 11.3. The monoisotopic (exact) mass is 306 g/mol. The number of nitrogens with two attached hydrogens (primary N) is 1. The lowest BCUT2D eigenvalue weighted by Gasteiger charge is -2.40. The van der Waals surface area contributed by atoms with Gasteiger partial charge in [-0.3, -0.25) is 4.79 Å². The number of hydrogen-bond acceptors (Lipinski definition) is 2. The van der Waals surface area contributed by atoms with Gasteiger partial charge in [-0.2, -0.15) is 0 Å². The van der Waals surface area contributed by atoms with Crippen LogP contribution in [0.3, 0.4) is 0 Å². The van der Waals surface area contributed by atoms with Gasteiger partial charge >= 0.3 is 0 Å². The molecule has 0 saturated heterocycles.